The van der Waals surface area contributed by atoms with E-state index < -0.39 is 0 Å². The van der Waals surface area contributed by atoms with Crippen LogP contribution in [0.5, 0.6) is 0 Å². The summed E-state index contributed by atoms with van der Waals surface area (Å²) in [6.45, 7) is 0. The first kappa shape index (κ1) is 10.8. The highest BCUT2D eigenvalue weighted by Gasteiger charge is 2.06. The van der Waals surface area contributed by atoms with E-state index in [1.54, 1.807) is 0 Å². The van der Waals surface area contributed by atoms with Crippen LogP contribution in [0.15, 0.2) is 66.7 Å². The Balaban J connectivity index is 2.18. The summed E-state index contributed by atoms with van der Waals surface area (Å²) in [5.41, 5.74) is 4.54. The summed E-state index contributed by atoms with van der Waals surface area (Å²) in [6.07, 6.45) is 0. The van der Waals surface area contributed by atoms with Gasteiger partial charge in [0.15, 0.2) is 0 Å². The molecular formula is C18H11. The normalized spacial score (nSPS) is 10.2. The predicted molar refractivity (Wildman–Crippen MR) is 73.8 cm³/mol. The molecule has 0 saturated carbocycles. The molecule has 0 aliphatic rings. The molecule has 0 fully saturated rings. The zero-order chi connectivity index (χ0) is 12.2. The van der Waals surface area contributed by atoms with Gasteiger partial charge in [0.25, 0.3) is 0 Å². The Kier molecular flexibility index (Phi) is 2.93. The standard InChI is InChI=1S/C18H11/c1-3-9-15(10-4-1)17-13-7-8-14-18(17)16-11-5-2-6-12-16/h1-6,9-13H. The van der Waals surface area contributed by atoms with Crippen molar-refractivity contribution >= 4 is 0 Å². The average Bonchev–Trinajstić information content (AvgIpc) is 2.49. The summed E-state index contributed by atoms with van der Waals surface area (Å²) >= 11 is 0. The van der Waals surface area contributed by atoms with Crippen LogP contribution in [0.25, 0.3) is 22.3 Å². The van der Waals surface area contributed by atoms with E-state index in [0.29, 0.717) is 0 Å². The molecule has 0 atom stereocenters. The molecule has 0 heteroatoms. The van der Waals surface area contributed by atoms with Gasteiger partial charge >= 0.3 is 0 Å². The molecule has 0 nitrogen and oxygen atoms in total. The van der Waals surface area contributed by atoms with Crippen molar-refractivity contribution in [1.82, 2.24) is 0 Å². The van der Waals surface area contributed by atoms with Gasteiger partial charge in [0.2, 0.25) is 0 Å². The number of benzene rings is 3. The highest BCUT2D eigenvalue weighted by Crippen LogP contribution is 2.30. The van der Waals surface area contributed by atoms with E-state index in [9.17, 15) is 0 Å². The van der Waals surface area contributed by atoms with E-state index in [4.69, 9.17) is 0 Å². The van der Waals surface area contributed by atoms with Gasteiger partial charge in [-0.05, 0) is 46.5 Å². The van der Waals surface area contributed by atoms with Gasteiger partial charge in [0, 0.05) is 0 Å². The Morgan fingerprint density at radius 1 is 0.667 bits per heavy atom. The lowest BCUT2D eigenvalue weighted by molar-refractivity contribution is 1.56. The molecule has 0 bridgehead atoms. The average molecular weight is 227 g/mol. The molecule has 0 spiro atoms. The van der Waals surface area contributed by atoms with Crippen LogP contribution in [-0.4, -0.2) is 0 Å². The van der Waals surface area contributed by atoms with Crippen molar-refractivity contribution < 1.29 is 0 Å². The largest absolute Gasteiger partial charge is 0.0622 e. The zero-order valence-electron chi connectivity index (χ0n) is 9.85. The minimum absolute atomic E-state index is 1.07. The van der Waals surface area contributed by atoms with Crippen LogP contribution in [0.2, 0.25) is 0 Å². The molecule has 3 aromatic carbocycles. The molecule has 18 heavy (non-hydrogen) atoms. The third kappa shape index (κ3) is 2.05. The topological polar surface area (TPSA) is 0 Å². The molecular weight excluding hydrogens is 216 g/mol. The molecule has 0 heterocycles. The number of hydrogen-bond donors (Lipinski definition) is 0. The van der Waals surface area contributed by atoms with Crippen molar-refractivity contribution in [3.05, 3.63) is 84.9 Å². The van der Waals surface area contributed by atoms with E-state index in [2.05, 4.69) is 42.5 Å². The fraction of sp³-hybridized carbons (Fsp3) is 0. The van der Waals surface area contributed by atoms with Gasteiger partial charge in [-0.2, -0.15) is 0 Å². The molecule has 3 aromatic rings. The quantitative estimate of drug-likeness (QED) is 0.608. The summed E-state index contributed by atoms with van der Waals surface area (Å²) in [5.74, 6) is 0. The summed E-state index contributed by atoms with van der Waals surface area (Å²) in [6, 6.07) is 31.6. The fourth-order valence-electron chi connectivity index (χ4n) is 2.02. The fourth-order valence-corrected chi connectivity index (χ4v) is 2.02. The third-order valence-corrected chi connectivity index (χ3v) is 2.89. The van der Waals surface area contributed by atoms with Crippen LogP contribution in [0, 0.1) is 18.2 Å². The highest BCUT2D eigenvalue weighted by atomic mass is 14.1. The molecule has 3 rings (SSSR count). The Bertz CT molecular complexity index is 566. The highest BCUT2D eigenvalue weighted by molar-refractivity contribution is 5.82. The van der Waals surface area contributed by atoms with Crippen molar-refractivity contribution in [3.8, 4) is 22.3 Å². The predicted octanol–water partition coefficient (Wildman–Crippen LogP) is 4.42. The second-order valence-electron chi connectivity index (χ2n) is 4.06. The van der Waals surface area contributed by atoms with Gasteiger partial charge in [-0.15, -0.1) is 0 Å². The summed E-state index contributed by atoms with van der Waals surface area (Å²) in [5, 5.41) is 0. The number of hydrogen-bond acceptors (Lipinski definition) is 0. The third-order valence-electron chi connectivity index (χ3n) is 2.89. The SMILES string of the molecule is [c]1[c]cc(-c2ccccc2)c(-c2ccccc2)[c]1. The van der Waals surface area contributed by atoms with Crippen molar-refractivity contribution in [2.45, 2.75) is 0 Å². The maximum absolute atomic E-state index is 3.17. The van der Waals surface area contributed by atoms with Crippen molar-refractivity contribution in [2.24, 2.45) is 0 Å². The lowest BCUT2D eigenvalue weighted by atomic mass is 9.95. The molecule has 0 unspecified atom stereocenters. The van der Waals surface area contributed by atoms with Gasteiger partial charge in [0.05, 0.1) is 0 Å². The second kappa shape index (κ2) is 4.89. The molecule has 0 aliphatic carbocycles. The summed E-state index contributed by atoms with van der Waals surface area (Å²) in [7, 11) is 0. The Morgan fingerprint density at radius 2 is 1.28 bits per heavy atom. The monoisotopic (exact) mass is 227 g/mol. The molecule has 0 saturated heterocycles. The smallest absolute Gasteiger partial charge is 0.0000929 e. The van der Waals surface area contributed by atoms with Gasteiger partial charge in [-0.3, -0.25) is 0 Å². The minimum atomic E-state index is 1.07. The van der Waals surface area contributed by atoms with Crippen LogP contribution in [0.3, 0.4) is 0 Å². The first-order chi connectivity index (χ1) is 8.95. The van der Waals surface area contributed by atoms with Crippen LogP contribution in [0.1, 0.15) is 0 Å². The Morgan fingerprint density at radius 3 is 1.94 bits per heavy atom. The minimum Gasteiger partial charge on any atom is -0.0622 e. The Hall–Kier alpha value is -2.34. The van der Waals surface area contributed by atoms with Crippen molar-refractivity contribution in [2.75, 3.05) is 0 Å². The van der Waals surface area contributed by atoms with Gasteiger partial charge in [-0.25, -0.2) is 0 Å². The summed E-state index contributed by atoms with van der Waals surface area (Å²) in [4.78, 5) is 0. The van der Waals surface area contributed by atoms with E-state index >= 15 is 0 Å². The first-order valence-corrected chi connectivity index (χ1v) is 5.90. The molecule has 3 radical (unpaired) electrons. The summed E-state index contributed by atoms with van der Waals surface area (Å²) < 4.78 is 0. The van der Waals surface area contributed by atoms with E-state index in [1.165, 1.54) is 5.56 Å². The molecule has 83 valence electrons. The van der Waals surface area contributed by atoms with Crippen molar-refractivity contribution in [3.63, 3.8) is 0 Å². The second-order valence-corrected chi connectivity index (χ2v) is 4.06. The zero-order valence-corrected chi connectivity index (χ0v) is 9.85. The van der Waals surface area contributed by atoms with Crippen molar-refractivity contribution in [1.29, 1.82) is 0 Å². The van der Waals surface area contributed by atoms with Crippen LogP contribution >= 0.6 is 0 Å². The molecule has 0 N–H and O–H groups in total. The molecule has 0 aromatic heterocycles. The first-order valence-electron chi connectivity index (χ1n) is 5.90. The van der Waals surface area contributed by atoms with Crippen LogP contribution < -0.4 is 0 Å². The maximum Gasteiger partial charge on any atom is -0.0000929 e. The lowest BCUT2D eigenvalue weighted by Gasteiger charge is -2.08. The molecule has 0 aliphatic heterocycles. The number of rotatable bonds is 2. The van der Waals surface area contributed by atoms with E-state index in [0.717, 1.165) is 16.7 Å². The molecule has 0 amide bonds. The van der Waals surface area contributed by atoms with Crippen LogP contribution in [-0.2, 0) is 0 Å². The van der Waals surface area contributed by atoms with E-state index in [-0.39, 0.29) is 0 Å². The van der Waals surface area contributed by atoms with Gasteiger partial charge in [-0.1, -0.05) is 60.7 Å². The maximum atomic E-state index is 3.17. The van der Waals surface area contributed by atoms with E-state index in [1.807, 2.05) is 42.5 Å². The Labute approximate surface area is 108 Å². The van der Waals surface area contributed by atoms with Gasteiger partial charge < -0.3 is 0 Å². The lowest BCUT2D eigenvalue weighted by Crippen LogP contribution is -1.84. The van der Waals surface area contributed by atoms with Gasteiger partial charge in [0.1, 0.15) is 0 Å². The van der Waals surface area contributed by atoms with Crippen LogP contribution in [0.4, 0.5) is 0 Å².